The van der Waals surface area contributed by atoms with Gasteiger partial charge in [-0.2, -0.15) is 0 Å². The Bertz CT molecular complexity index is 1250. The number of carbonyl (C=O) groups is 2. The predicted molar refractivity (Wildman–Crippen MR) is 117 cm³/mol. The minimum Gasteiger partial charge on any atom is -0.324 e. The number of hydrogen-bond donors (Lipinski definition) is 1. The van der Waals surface area contributed by atoms with Crippen molar-refractivity contribution in [3.05, 3.63) is 99.9 Å². The Balaban J connectivity index is 1.73. The number of nitro groups is 1. The SMILES string of the molecule is CN1C[C@H](c2cccc([N+](=O)[O-])c2)[C@@H](C(=O)c2ccncc2)[C@]12C(=O)Nc1ccccc12. The third-order valence-corrected chi connectivity index (χ3v) is 6.61. The van der Waals surface area contributed by atoms with Crippen molar-refractivity contribution in [2.24, 2.45) is 5.92 Å². The summed E-state index contributed by atoms with van der Waals surface area (Å²) in [5, 5.41) is 14.3. The molecule has 1 aromatic heterocycles. The lowest BCUT2D eigenvalue weighted by molar-refractivity contribution is -0.384. The van der Waals surface area contributed by atoms with Gasteiger partial charge in [0.05, 0.1) is 10.8 Å². The third-order valence-electron chi connectivity index (χ3n) is 6.61. The van der Waals surface area contributed by atoms with Gasteiger partial charge in [-0.15, -0.1) is 0 Å². The molecule has 0 radical (unpaired) electrons. The summed E-state index contributed by atoms with van der Waals surface area (Å²) in [6.45, 7) is 0.393. The number of nitrogens with zero attached hydrogens (tertiary/aromatic N) is 3. The van der Waals surface area contributed by atoms with Crippen molar-refractivity contribution in [1.82, 2.24) is 9.88 Å². The molecule has 0 unspecified atom stereocenters. The average molecular weight is 428 g/mol. The van der Waals surface area contributed by atoms with E-state index in [2.05, 4.69) is 10.3 Å². The van der Waals surface area contributed by atoms with Gasteiger partial charge in [0.15, 0.2) is 5.78 Å². The molecule has 0 aliphatic carbocycles. The summed E-state index contributed by atoms with van der Waals surface area (Å²) in [4.78, 5) is 44.3. The number of pyridine rings is 1. The molecule has 2 aliphatic heterocycles. The van der Waals surface area contributed by atoms with Crippen molar-refractivity contribution in [3.8, 4) is 0 Å². The number of ketones is 1. The second-order valence-electron chi connectivity index (χ2n) is 8.18. The molecule has 1 saturated heterocycles. The molecule has 8 heteroatoms. The lowest BCUT2D eigenvalue weighted by Crippen LogP contribution is -2.51. The number of anilines is 1. The fraction of sp³-hybridized carbons (Fsp3) is 0.208. The van der Waals surface area contributed by atoms with Gasteiger partial charge in [0.2, 0.25) is 5.91 Å². The van der Waals surface area contributed by atoms with E-state index >= 15 is 0 Å². The molecule has 0 saturated carbocycles. The van der Waals surface area contributed by atoms with Crippen LogP contribution in [0.15, 0.2) is 73.1 Å². The highest BCUT2D eigenvalue weighted by Crippen LogP contribution is 2.55. The zero-order chi connectivity index (χ0) is 22.5. The predicted octanol–water partition coefficient (Wildman–Crippen LogP) is 3.37. The first-order valence-electron chi connectivity index (χ1n) is 10.3. The Morgan fingerprint density at radius 2 is 1.91 bits per heavy atom. The summed E-state index contributed by atoms with van der Waals surface area (Å²) >= 11 is 0. The van der Waals surface area contributed by atoms with Gasteiger partial charge >= 0.3 is 0 Å². The number of fused-ring (bicyclic) bond motifs is 2. The van der Waals surface area contributed by atoms with E-state index in [0.717, 1.165) is 5.56 Å². The van der Waals surface area contributed by atoms with Gasteiger partial charge in [0, 0.05) is 53.8 Å². The van der Waals surface area contributed by atoms with Crippen LogP contribution in [0, 0.1) is 16.0 Å². The number of rotatable bonds is 4. The maximum atomic E-state index is 13.9. The molecule has 32 heavy (non-hydrogen) atoms. The van der Waals surface area contributed by atoms with Gasteiger partial charge < -0.3 is 5.32 Å². The first-order chi connectivity index (χ1) is 15.4. The van der Waals surface area contributed by atoms with Crippen LogP contribution in [-0.4, -0.2) is 40.1 Å². The summed E-state index contributed by atoms with van der Waals surface area (Å²) in [5.74, 6) is -1.65. The van der Waals surface area contributed by atoms with Crippen LogP contribution in [0.25, 0.3) is 0 Å². The fourth-order valence-corrected chi connectivity index (χ4v) is 5.26. The van der Waals surface area contributed by atoms with E-state index in [9.17, 15) is 19.7 Å². The van der Waals surface area contributed by atoms with E-state index in [4.69, 9.17) is 0 Å². The standard InChI is InChI=1S/C24H20N4O4/c1-27-14-18(16-5-4-6-17(13-16)28(31)32)21(22(29)15-9-11-25-12-10-15)24(27)19-7-2-3-8-20(19)26-23(24)30/h2-13,18,21H,14H2,1H3,(H,26,30)/t18-,21+,24-/m1/s1. The van der Waals surface area contributed by atoms with Gasteiger partial charge in [-0.3, -0.25) is 29.6 Å². The van der Waals surface area contributed by atoms with E-state index in [0.29, 0.717) is 23.4 Å². The molecule has 0 bridgehead atoms. The topological polar surface area (TPSA) is 105 Å². The van der Waals surface area contributed by atoms with Crippen LogP contribution in [0.2, 0.25) is 0 Å². The lowest BCUT2D eigenvalue weighted by Gasteiger charge is -2.35. The zero-order valence-corrected chi connectivity index (χ0v) is 17.3. The van der Waals surface area contributed by atoms with E-state index in [1.165, 1.54) is 12.1 Å². The summed E-state index contributed by atoms with van der Waals surface area (Å²) in [5.41, 5.74) is 1.27. The van der Waals surface area contributed by atoms with E-state index in [1.807, 2.05) is 36.2 Å². The maximum absolute atomic E-state index is 13.9. The van der Waals surface area contributed by atoms with E-state index in [1.54, 1.807) is 36.7 Å². The highest BCUT2D eigenvalue weighted by molar-refractivity contribution is 6.12. The number of amides is 1. The maximum Gasteiger partial charge on any atom is 0.269 e. The van der Waals surface area contributed by atoms with Gasteiger partial charge in [0.1, 0.15) is 5.54 Å². The van der Waals surface area contributed by atoms with Crippen molar-refractivity contribution in [2.75, 3.05) is 18.9 Å². The molecule has 3 heterocycles. The lowest BCUT2D eigenvalue weighted by atomic mass is 9.70. The van der Waals surface area contributed by atoms with Crippen LogP contribution >= 0.6 is 0 Å². The molecule has 1 spiro atoms. The summed E-state index contributed by atoms with van der Waals surface area (Å²) in [6.07, 6.45) is 3.09. The largest absolute Gasteiger partial charge is 0.324 e. The summed E-state index contributed by atoms with van der Waals surface area (Å²) in [7, 11) is 1.83. The highest BCUT2D eigenvalue weighted by Gasteiger charge is 2.64. The van der Waals surface area contributed by atoms with Gasteiger partial charge in [0.25, 0.3) is 5.69 Å². The molecule has 5 rings (SSSR count). The minimum absolute atomic E-state index is 0.0440. The normalized spacial score (nSPS) is 24.3. The van der Waals surface area contributed by atoms with E-state index in [-0.39, 0.29) is 17.4 Å². The van der Waals surface area contributed by atoms with Crippen LogP contribution in [0.3, 0.4) is 0 Å². The van der Waals surface area contributed by atoms with Crippen LogP contribution in [0.4, 0.5) is 11.4 Å². The van der Waals surface area contributed by atoms with Crippen molar-refractivity contribution >= 4 is 23.1 Å². The monoisotopic (exact) mass is 428 g/mol. The second-order valence-corrected chi connectivity index (χ2v) is 8.18. The Morgan fingerprint density at radius 1 is 1.16 bits per heavy atom. The van der Waals surface area contributed by atoms with Crippen molar-refractivity contribution in [2.45, 2.75) is 11.5 Å². The Morgan fingerprint density at radius 3 is 2.66 bits per heavy atom. The number of nitrogens with one attached hydrogen (secondary N) is 1. The quantitative estimate of drug-likeness (QED) is 0.388. The number of benzene rings is 2. The van der Waals surface area contributed by atoms with Crippen LogP contribution in [0.1, 0.15) is 27.4 Å². The molecule has 160 valence electrons. The molecule has 2 aliphatic rings. The molecule has 8 nitrogen and oxygen atoms in total. The Kier molecular flexibility index (Phi) is 4.60. The number of Topliss-reactive ketones (excluding diaryl/α,β-unsaturated/α-hetero) is 1. The Hall–Kier alpha value is -3.91. The van der Waals surface area contributed by atoms with Crippen LogP contribution < -0.4 is 5.32 Å². The van der Waals surface area contributed by atoms with Crippen LogP contribution in [0.5, 0.6) is 0 Å². The van der Waals surface area contributed by atoms with Crippen LogP contribution in [-0.2, 0) is 10.3 Å². The number of likely N-dealkylation sites (N-methyl/N-ethyl adjacent to an activating group) is 1. The van der Waals surface area contributed by atoms with Crippen molar-refractivity contribution in [1.29, 1.82) is 0 Å². The average Bonchev–Trinajstić information content (AvgIpc) is 3.29. The van der Waals surface area contributed by atoms with Crippen molar-refractivity contribution < 1.29 is 14.5 Å². The Labute approximate surface area is 184 Å². The number of non-ortho nitro benzene ring substituents is 1. The third kappa shape index (κ3) is 2.76. The molecule has 3 atom stereocenters. The second kappa shape index (κ2) is 7.35. The minimum atomic E-state index is -1.22. The molecule has 1 amide bonds. The fourth-order valence-electron chi connectivity index (χ4n) is 5.26. The number of para-hydroxylation sites is 1. The number of carbonyl (C=O) groups excluding carboxylic acids is 2. The van der Waals surface area contributed by atoms with Gasteiger partial charge in [-0.1, -0.05) is 30.3 Å². The highest BCUT2D eigenvalue weighted by atomic mass is 16.6. The smallest absolute Gasteiger partial charge is 0.269 e. The number of likely N-dealkylation sites (tertiary alicyclic amines) is 1. The van der Waals surface area contributed by atoms with Gasteiger partial charge in [-0.05, 0) is 30.8 Å². The summed E-state index contributed by atoms with van der Waals surface area (Å²) < 4.78 is 0. The van der Waals surface area contributed by atoms with E-state index < -0.39 is 22.3 Å². The van der Waals surface area contributed by atoms with Gasteiger partial charge in [-0.25, -0.2) is 0 Å². The first-order valence-corrected chi connectivity index (χ1v) is 10.3. The molecule has 1 N–H and O–H groups in total. The molecular formula is C24H20N4O4. The molecular weight excluding hydrogens is 408 g/mol. The summed E-state index contributed by atoms with van der Waals surface area (Å²) in [6, 6.07) is 17.0. The number of aromatic nitrogens is 1. The number of nitro benzene ring substituents is 1. The number of hydrogen-bond acceptors (Lipinski definition) is 6. The molecule has 2 aromatic carbocycles. The first kappa shape index (κ1) is 20.0. The zero-order valence-electron chi connectivity index (χ0n) is 17.3. The molecule has 3 aromatic rings. The molecule has 1 fully saturated rings. The van der Waals surface area contributed by atoms with Crippen molar-refractivity contribution in [3.63, 3.8) is 0 Å².